The zero-order valence-electron chi connectivity index (χ0n) is 9.66. The summed E-state index contributed by atoms with van der Waals surface area (Å²) in [5.41, 5.74) is 4.19. The fraction of sp³-hybridized carbons (Fsp3) is 0.250. The molecule has 2 aliphatic rings. The molecule has 3 rings (SSSR count). The summed E-state index contributed by atoms with van der Waals surface area (Å²) in [5, 5.41) is 2.40. The maximum absolute atomic E-state index is 4.17. The molecule has 2 unspecified atom stereocenters. The highest BCUT2D eigenvalue weighted by Crippen LogP contribution is 2.51. The second kappa shape index (κ2) is 3.21. The van der Waals surface area contributed by atoms with E-state index in [1.165, 1.54) is 28.3 Å². The molecule has 0 aromatic heterocycles. The van der Waals surface area contributed by atoms with Crippen molar-refractivity contribution >= 4 is 18.7 Å². The van der Waals surface area contributed by atoms with Crippen LogP contribution in [0.25, 0.3) is 18.7 Å². The van der Waals surface area contributed by atoms with Gasteiger partial charge in [-0.1, -0.05) is 43.5 Å². The van der Waals surface area contributed by atoms with Gasteiger partial charge >= 0.3 is 0 Å². The van der Waals surface area contributed by atoms with E-state index in [0.29, 0.717) is 0 Å². The van der Waals surface area contributed by atoms with E-state index in [1.54, 1.807) is 0 Å². The van der Waals surface area contributed by atoms with Crippen LogP contribution in [0.1, 0.15) is 29.0 Å². The molecule has 0 N–H and O–H groups in total. The summed E-state index contributed by atoms with van der Waals surface area (Å²) in [4.78, 5) is 0. The van der Waals surface area contributed by atoms with Gasteiger partial charge in [0, 0.05) is 0 Å². The maximum Gasteiger partial charge on any atom is -0.00866 e. The zero-order valence-corrected chi connectivity index (χ0v) is 9.66. The van der Waals surface area contributed by atoms with Crippen LogP contribution in [0.15, 0.2) is 24.8 Å². The predicted octanol–water partition coefficient (Wildman–Crippen LogP) is 2.50. The Balaban J connectivity index is 2.41. The number of rotatable bonds is 1. The monoisotopic (exact) mass is 208 g/mol. The Morgan fingerprint density at radius 3 is 3.00 bits per heavy atom. The largest absolute Gasteiger partial charge is 0.0990 e. The highest BCUT2D eigenvalue weighted by Gasteiger charge is 2.39. The first kappa shape index (κ1) is 9.65. The quantitative estimate of drug-likeness (QED) is 0.665. The molecule has 0 amide bonds. The summed E-state index contributed by atoms with van der Waals surface area (Å²) in [5.74, 6) is 1.58. The fourth-order valence-corrected chi connectivity index (χ4v) is 2.73. The third kappa shape index (κ3) is 1.23. The van der Waals surface area contributed by atoms with Crippen molar-refractivity contribution in [1.29, 1.82) is 0 Å². The SMILES string of the molecule is C=C/C=c1/c2c(cc(C)c1=C)C1CC1C=C2. The molecule has 0 aliphatic heterocycles. The van der Waals surface area contributed by atoms with Crippen LogP contribution < -0.4 is 10.4 Å². The molecular formula is C16H16. The van der Waals surface area contributed by atoms with Gasteiger partial charge in [-0.3, -0.25) is 0 Å². The molecule has 16 heavy (non-hydrogen) atoms. The van der Waals surface area contributed by atoms with Crippen molar-refractivity contribution in [3.8, 4) is 0 Å². The Labute approximate surface area is 96.3 Å². The number of fused-ring (bicyclic) bond motifs is 3. The van der Waals surface area contributed by atoms with E-state index in [1.807, 2.05) is 6.08 Å². The topological polar surface area (TPSA) is 0 Å². The molecule has 2 aliphatic carbocycles. The smallest absolute Gasteiger partial charge is 0.00866 e. The Morgan fingerprint density at radius 1 is 1.44 bits per heavy atom. The molecule has 1 fully saturated rings. The van der Waals surface area contributed by atoms with Crippen molar-refractivity contribution in [1.82, 2.24) is 0 Å². The average Bonchev–Trinajstić information content (AvgIpc) is 3.04. The molecule has 1 aromatic carbocycles. The van der Waals surface area contributed by atoms with E-state index >= 15 is 0 Å². The molecule has 0 spiro atoms. The van der Waals surface area contributed by atoms with E-state index in [2.05, 4.69) is 44.4 Å². The number of hydrogen-bond donors (Lipinski definition) is 0. The molecule has 1 aromatic rings. The van der Waals surface area contributed by atoms with E-state index in [9.17, 15) is 0 Å². The van der Waals surface area contributed by atoms with Crippen LogP contribution in [0.4, 0.5) is 0 Å². The first-order valence-corrected chi connectivity index (χ1v) is 5.86. The molecule has 0 saturated heterocycles. The van der Waals surface area contributed by atoms with Gasteiger partial charge in [-0.15, -0.1) is 0 Å². The van der Waals surface area contributed by atoms with Crippen molar-refractivity contribution in [3.63, 3.8) is 0 Å². The van der Waals surface area contributed by atoms with Gasteiger partial charge in [0.05, 0.1) is 0 Å². The van der Waals surface area contributed by atoms with Gasteiger partial charge in [0.1, 0.15) is 0 Å². The van der Waals surface area contributed by atoms with Gasteiger partial charge in [-0.25, -0.2) is 0 Å². The third-order valence-electron chi connectivity index (χ3n) is 3.81. The molecule has 0 heteroatoms. The molecule has 2 atom stereocenters. The van der Waals surface area contributed by atoms with Gasteiger partial charge in [-0.05, 0) is 52.3 Å². The van der Waals surface area contributed by atoms with Gasteiger partial charge in [0.15, 0.2) is 0 Å². The second-order valence-electron chi connectivity index (χ2n) is 4.86. The first-order chi connectivity index (χ1) is 7.72. The number of hydrogen-bond acceptors (Lipinski definition) is 0. The maximum atomic E-state index is 4.17. The van der Waals surface area contributed by atoms with Crippen LogP contribution in [0, 0.1) is 12.8 Å². The standard InChI is InChI=1S/C16H16/c1-4-5-13-11(3)10(2)8-16-14(13)7-6-12-9-15(12)16/h4-8,12,15H,1,3,9H2,2H3/b13-5+. The van der Waals surface area contributed by atoms with Gasteiger partial charge < -0.3 is 0 Å². The Hall–Kier alpha value is -1.56. The molecule has 1 saturated carbocycles. The molecule has 0 heterocycles. The average molecular weight is 208 g/mol. The lowest BCUT2D eigenvalue weighted by Gasteiger charge is -2.12. The minimum absolute atomic E-state index is 0.774. The molecular weight excluding hydrogens is 192 g/mol. The van der Waals surface area contributed by atoms with E-state index in [-0.39, 0.29) is 0 Å². The summed E-state index contributed by atoms with van der Waals surface area (Å²) < 4.78 is 0. The summed E-state index contributed by atoms with van der Waals surface area (Å²) in [6, 6.07) is 2.33. The first-order valence-electron chi connectivity index (χ1n) is 5.86. The number of allylic oxidation sites excluding steroid dienone is 2. The summed E-state index contributed by atoms with van der Waals surface area (Å²) in [7, 11) is 0. The number of aryl methyl sites for hydroxylation is 1. The minimum atomic E-state index is 0.774. The normalized spacial score (nSPS) is 26.2. The van der Waals surface area contributed by atoms with Crippen LogP contribution in [0.5, 0.6) is 0 Å². The van der Waals surface area contributed by atoms with Gasteiger partial charge in [-0.2, -0.15) is 0 Å². The molecule has 0 bridgehead atoms. The molecule has 0 radical (unpaired) electrons. The fourth-order valence-electron chi connectivity index (χ4n) is 2.73. The highest BCUT2D eigenvalue weighted by atomic mass is 14.4. The van der Waals surface area contributed by atoms with Crippen LogP contribution in [0.2, 0.25) is 0 Å². The van der Waals surface area contributed by atoms with E-state index in [0.717, 1.165) is 17.1 Å². The second-order valence-corrected chi connectivity index (χ2v) is 4.86. The van der Waals surface area contributed by atoms with Crippen LogP contribution >= 0.6 is 0 Å². The summed E-state index contributed by atoms with van der Waals surface area (Å²) in [6.07, 6.45) is 9.89. The van der Waals surface area contributed by atoms with Gasteiger partial charge in [0.2, 0.25) is 0 Å². The Bertz CT molecular complexity index is 602. The van der Waals surface area contributed by atoms with Crippen molar-refractivity contribution in [2.45, 2.75) is 19.3 Å². The van der Waals surface area contributed by atoms with E-state index in [4.69, 9.17) is 0 Å². The Morgan fingerprint density at radius 2 is 2.25 bits per heavy atom. The van der Waals surface area contributed by atoms with Crippen LogP contribution in [0.3, 0.4) is 0 Å². The van der Waals surface area contributed by atoms with Crippen molar-refractivity contribution in [2.24, 2.45) is 5.92 Å². The minimum Gasteiger partial charge on any atom is -0.0990 e. The van der Waals surface area contributed by atoms with Crippen molar-refractivity contribution in [3.05, 3.63) is 51.9 Å². The summed E-state index contributed by atoms with van der Waals surface area (Å²) in [6.45, 7) is 10.1. The Kier molecular flexibility index (Phi) is 1.94. The summed E-state index contributed by atoms with van der Waals surface area (Å²) >= 11 is 0. The van der Waals surface area contributed by atoms with Crippen molar-refractivity contribution in [2.75, 3.05) is 0 Å². The predicted molar refractivity (Wildman–Crippen MR) is 70.5 cm³/mol. The lowest BCUT2D eigenvalue weighted by molar-refractivity contribution is 0.986. The lowest BCUT2D eigenvalue weighted by atomic mass is 9.92. The zero-order chi connectivity index (χ0) is 11.3. The van der Waals surface area contributed by atoms with Gasteiger partial charge in [0.25, 0.3) is 0 Å². The van der Waals surface area contributed by atoms with Crippen molar-refractivity contribution < 1.29 is 0 Å². The lowest BCUT2D eigenvalue weighted by Crippen LogP contribution is -2.30. The van der Waals surface area contributed by atoms with Crippen LogP contribution in [-0.2, 0) is 0 Å². The van der Waals surface area contributed by atoms with E-state index < -0.39 is 0 Å². The number of benzene rings is 1. The highest BCUT2D eigenvalue weighted by molar-refractivity contribution is 5.65. The van der Waals surface area contributed by atoms with Crippen LogP contribution in [-0.4, -0.2) is 0 Å². The molecule has 80 valence electrons. The molecule has 0 nitrogen and oxygen atoms in total. The third-order valence-corrected chi connectivity index (χ3v) is 3.81.